The van der Waals surface area contributed by atoms with Crippen molar-refractivity contribution < 1.29 is 9.59 Å². The van der Waals surface area contributed by atoms with E-state index in [-0.39, 0.29) is 11.8 Å². The summed E-state index contributed by atoms with van der Waals surface area (Å²) >= 11 is 0. The van der Waals surface area contributed by atoms with Gasteiger partial charge in [0.1, 0.15) is 12.6 Å². The van der Waals surface area contributed by atoms with Crippen LogP contribution in [0.25, 0.3) is 0 Å². The van der Waals surface area contributed by atoms with Crippen molar-refractivity contribution in [1.82, 2.24) is 0 Å². The van der Waals surface area contributed by atoms with E-state index in [4.69, 9.17) is 0 Å². The maximum atomic E-state index is 10.4. The van der Waals surface area contributed by atoms with Crippen molar-refractivity contribution in [3.05, 3.63) is 0 Å². The molecule has 62 valence electrons. The lowest BCUT2D eigenvalue weighted by Gasteiger charge is -2.03. The minimum Gasteiger partial charge on any atom is -0.303 e. The minimum atomic E-state index is 0.222. The van der Waals surface area contributed by atoms with Crippen LogP contribution in [0.1, 0.15) is 32.1 Å². The normalized spacial score (nSPS) is 32.4. The lowest BCUT2D eigenvalue weighted by molar-refractivity contribution is -0.112. The molecule has 0 amide bonds. The van der Waals surface area contributed by atoms with Gasteiger partial charge in [-0.2, -0.15) is 0 Å². The highest BCUT2D eigenvalue weighted by atomic mass is 16.1. The molecule has 0 saturated heterocycles. The van der Waals surface area contributed by atoms with Crippen molar-refractivity contribution in [3.8, 4) is 0 Å². The van der Waals surface area contributed by atoms with Gasteiger partial charge in [-0.05, 0) is 25.7 Å². The van der Waals surface area contributed by atoms with Gasteiger partial charge in [-0.3, -0.25) is 0 Å². The maximum absolute atomic E-state index is 10.4. The fourth-order valence-electron chi connectivity index (χ4n) is 1.63. The molecule has 1 saturated carbocycles. The van der Waals surface area contributed by atoms with Crippen molar-refractivity contribution in [1.29, 1.82) is 0 Å². The number of hydrogen-bond acceptors (Lipinski definition) is 2. The summed E-state index contributed by atoms with van der Waals surface area (Å²) in [4.78, 5) is 20.8. The quantitative estimate of drug-likeness (QED) is 0.447. The molecule has 0 aromatic rings. The first-order valence-corrected chi connectivity index (χ1v) is 4.27. The van der Waals surface area contributed by atoms with Crippen molar-refractivity contribution in [3.63, 3.8) is 0 Å². The Kier molecular flexibility index (Phi) is 3.27. The Morgan fingerprint density at radius 2 is 1.27 bits per heavy atom. The van der Waals surface area contributed by atoms with E-state index in [9.17, 15) is 9.59 Å². The molecule has 1 aliphatic rings. The lowest BCUT2D eigenvalue weighted by Crippen LogP contribution is -2.01. The molecule has 0 aromatic carbocycles. The zero-order valence-corrected chi connectivity index (χ0v) is 6.66. The highest BCUT2D eigenvalue weighted by Gasteiger charge is 2.17. The monoisotopic (exact) mass is 154 g/mol. The first-order valence-electron chi connectivity index (χ1n) is 4.27. The van der Waals surface area contributed by atoms with Gasteiger partial charge in [0.25, 0.3) is 0 Å². The zero-order chi connectivity index (χ0) is 8.10. The summed E-state index contributed by atoms with van der Waals surface area (Å²) in [5, 5.41) is 0. The Balaban J connectivity index is 2.38. The predicted octanol–water partition coefficient (Wildman–Crippen LogP) is 1.58. The number of carbonyl (C=O) groups is 2. The maximum Gasteiger partial charge on any atom is 0.123 e. The van der Waals surface area contributed by atoms with E-state index in [1.165, 1.54) is 0 Å². The first-order chi connectivity index (χ1) is 5.36. The molecule has 0 heterocycles. The molecule has 0 aromatic heterocycles. The van der Waals surface area contributed by atoms with E-state index in [1.807, 2.05) is 0 Å². The van der Waals surface area contributed by atoms with Gasteiger partial charge in [0.2, 0.25) is 0 Å². The van der Waals surface area contributed by atoms with Crippen LogP contribution in [0.5, 0.6) is 0 Å². The van der Waals surface area contributed by atoms with E-state index in [2.05, 4.69) is 0 Å². The molecule has 1 rings (SSSR count). The summed E-state index contributed by atoms with van der Waals surface area (Å²) in [6, 6.07) is 0. The molecular weight excluding hydrogens is 140 g/mol. The molecule has 0 bridgehead atoms. The van der Waals surface area contributed by atoms with Crippen molar-refractivity contribution in [2.45, 2.75) is 32.1 Å². The van der Waals surface area contributed by atoms with E-state index >= 15 is 0 Å². The van der Waals surface area contributed by atoms with Crippen LogP contribution in [-0.4, -0.2) is 12.6 Å². The van der Waals surface area contributed by atoms with Gasteiger partial charge in [0, 0.05) is 11.8 Å². The number of aldehydes is 2. The van der Waals surface area contributed by atoms with Crippen LogP contribution < -0.4 is 0 Å². The van der Waals surface area contributed by atoms with Gasteiger partial charge in [0.05, 0.1) is 0 Å². The molecule has 0 aliphatic heterocycles. The van der Waals surface area contributed by atoms with Gasteiger partial charge in [-0.25, -0.2) is 0 Å². The molecular formula is C9H14O2. The van der Waals surface area contributed by atoms with Gasteiger partial charge in [-0.1, -0.05) is 6.42 Å². The van der Waals surface area contributed by atoms with E-state index in [0.717, 1.165) is 44.7 Å². The fraction of sp³-hybridized carbons (Fsp3) is 0.778. The molecule has 2 heteroatoms. The topological polar surface area (TPSA) is 34.1 Å². The van der Waals surface area contributed by atoms with Crippen molar-refractivity contribution >= 4 is 12.6 Å². The molecule has 0 spiro atoms. The third-order valence-corrected chi connectivity index (χ3v) is 2.44. The smallest absolute Gasteiger partial charge is 0.123 e. The van der Waals surface area contributed by atoms with Crippen LogP contribution in [0.2, 0.25) is 0 Å². The van der Waals surface area contributed by atoms with Gasteiger partial charge in [0.15, 0.2) is 0 Å². The standard InChI is InChI=1S/C9H14O2/c10-6-8-2-1-3-9(7-11)5-4-8/h6-9H,1-5H2. The number of rotatable bonds is 2. The van der Waals surface area contributed by atoms with Crippen LogP contribution in [0, 0.1) is 11.8 Å². The predicted molar refractivity (Wildman–Crippen MR) is 42.2 cm³/mol. The van der Waals surface area contributed by atoms with Gasteiger partial charge in [-0.15, -0.1) is 0 Å². The Morgan fingerprint density at radius 3 is 1.64 bits per heavy atom. The minimum absolute atomic E-state index is 0.222. The van der Waals surface area contributed by atoms with Gasteiger partial charge >= 0.3 is 0 Å². The summed E-state index contributed by atoms with van der Waals surface area (Å²) < 4.78 is 0. The van der Waals surface area contributed by atoms with E-state index in [0.29, 0.717) is 0 Å². The Morgan fingerprint density at radius 1 is 0.818 bits per heavy atom. The van der Waals surface area contributed by atoms with Crippen LogP contribution in [-0.2, 0) is 9.59 Å². The van der Waals surface area contributed by atoms with Crippen LogP contribution in [0.15, 0.2) is 0 Å². The summed E-state index contributed by atoms with van der Waals surface area (Å²) in [7, 11) is 0. The Labute approximate surface area is 67.0 Å². The summed E-state index contributed by atoms with van der Waals surface area (Å²) in [5.74, 6) is 0.444. The second kappa shape index (κ2) is 4.27. The summed E-state index contributed by atoms with van der Waals surface area (Å²) in [5.41, 5.74) is 0. The number of carbonyl (C=O) groups excluding carboxylic acids is 2. The van der Waals surface area contributed by atoms with Gasteiger partial charge < -0.3 is 9.59 Å². The summed E-state index contributed by atoms with van der Waals surface area (Å²) in [6.07, 6.45) is 6.88. The average Bonchev–Trinajstić information content (AvgIpc) is 2.28. The zero-order valence-electron chi connectivity index (χ0n) is 6.66. The van der Waals surface area contributed by atoms with Crippen LogP contribution in [0.4, 0.5) is 0 Å². The molecule has 2 atom stereocenters. The SMILES string of the molecule is O=CC1CCCC(C=O)CC1. The molecule has 1 fully saturated rings. The van der Waals surface area contributed by atoms with Crippen molar-refractivity contribution in [2.75, 3.05) is 0 Å². The second-order valence-electron chi connectivity index (χ2n) is 3.30. The molecule has 11 heavy (non-hydrogen) atoms. The first kappa shape index (κ1) is 8.44. The molecule has 0 radical (unpaired) electrons. The lowest BCUT2D eigenvalue weighted by atomic mass is 10.0. The highest BCUT2D eigenvalue weighted by molar-refractivity contribution is 5.55. The fourth-order valence-corrected chi connectivity index (χ4v) is 1.63. The Hall–Kier alpha value is -0.660. The van der Waals surface area contributed by atoms with Crippen LogP contribution >= 0.6 is 0 Å². The summed E-state index contributed by atoms with van der Waals surface area (Å²) in [6.45, 7) is 0. The average molecular weight is 154 g/mol. The van der Waals surface area contributed by atoms with Crippen LogP contribution in [0.3, 0.4) is 0 Å². The van der Waals surface area contributed by atoms with E-state index in [1.54, 1.807) is 0 Å². The third kappa shape index (κ3) is 2.45. The molecule has 1 aliphatic carbocycles. The van der Waals surface area contributed by atoms with Crippen molar-refractivity contribution in [2.24, 2.45) is 11.8 Å². The largest absolute Gasteiger partial charge is 0.303 e. The molecule has 2 unspecified atom stereocenters. The second-order valence-corrected chi connectivity index (χ2v) is 3.30. The Bertz CT molecular complexity index is 126. The number of hydrogen-bond donors (Lipinski definition) is 0. The molecule has 0 N–H and O–H groups in total. The third-order valence-electron chi connectivity index (χ3n) is 2.44. The highest BCUT2D eigenvalue weighted by Crippen LogP contribution is 2.24. The van der Waals surface area contributed by atoms with E-state index < -0.39 is 0 Å². The molecule has 2 nitrogen and oxygen atoms in total.